The average Bonchev–Trinajstić information content (AvgIpc) is 2.85. The van der Waals surface area contributed by atoms with E-state index in [9.17, 15) is 4.79 Å². The minimum atomic E-state index is -0.593. The predicted molar refractivity (Wildman–Crippen MR) is 93.7 cm³/mol. The second-order valence-corrected chi connectivity index (χ2v) is 7.28. The molecule has 0 aromatic heterocycles. The van der Waals surface area contributed by atoms with Crippen LogP contribution >= 0.6 is 0 Å². The maximum absolute atomic E-state index is 13.4. The Morgan fingerprint density at radius 2 is 1.83 bits per heavy atom. The van der Waals surface area contributed by atoms with E-state index in [4.69, 9.17) is 9.47 Å². The number of amides is 1. The van der Waals surface area contributed by atoms with Crippen molar-refractivity contribution in [3.63, 3.8) is 0 Å². The van der Waals surface area contributed by atoms with E-state index in [1.54, 1.807) is 14.2 Å². The summed E-state index contributed by atoms with van der Waals surface area (Å²) in [5.41, 5.74) is 0.367. The van der Waals surface area contributed by atoms with Crippen LogP contribution in [0.2, 0.25) is 0 Å². The summed E-state index contributed by atoms with van der Waals surface area (Å²) in [6.45, 7) is 5.93. The highest BCUT2D eigenvalue weighted by Gasteiger charge is 2.44. The second kappa shape index (κ2) is 6.63. The van der Waals surface area contributed by atoms with E-state index in [-0.39, 0.29) is 5.91 Å². The molecular weight excluding hydrogens is 304 g/mol. The molecule has 1 aromatic carbocycles. The van der Waals surface area contributed by atoms with Crippen LogP contribution in [0, 0.1) is 0 Å². The van der Waals surface area contributed by atoms with E-state index >= 15 is 0 Å². The van der Waals surface area contributed by atoms with E-state index in [1.165, 1.54) is 0 Å². The molecule has 0 radical (unpaired) electrons. The van der Waals surface area contributed by atoms with Crippen LogP contribution in [-0.4, -0.2) is 50.2 Å². The quantitative estimate of drug-likeness (QED) is 0.919. The standard InChI is InChI=1S/C19H28N2O3/c1-19(2,13-5-8-16(23-3)17(11-13)24-4)18(22)21-14-6-7-15(21)12-20-10-9-14/h5,8,11,14-15,20H,6-7,9-10,12H2,1-4H3. The molecule has 2 unspecified atom stereocenters. The number of ether oxygens (including phenoxy) is 2. The minimum Gasteiger partial charge on any atom is -0.493 e. The molecule has 1 amide bonds. The van der Waals surface area contributed by atoms with Crippen molar-refractivity contribution in [1.29, 1.82) is 0 Å². The molecule has 2 aliphatic rings. The molecule has 2 saturated heterocycles. The first-order valence-electron chi connectivity index (χ1n) is 8.75. The Hall–Kier alpha value is -1.75. The molecule has 132 valence electrons. The van der Waals surface area contributed by atoms with Crippen LogP contribution in [0.25, 0.3) is 0 Å². The number of carbonyl (C=O) groups is 1. The van der Waals surface area contributed by atoms with Gasteiger partial charge in [-0.1, -0.05) is 6.07 Å². The zero-order valence-electron chi connectivity index (χ0n) is 15.1. The summed E-state index contributed by atoms with van der Waals surface area (Å²) in [5, 5.41) is 3.46. The third-order valence-electron chi connectivity index (χ3n) is 5.53. The maximum Gasteiger partial charge on any atom is 0.233 e. The van der Waals surface area contributed by atoms with Gasteiger partial charge in [-0.2, -0.15) is 0 Å². The van der Waals surface area contributed by atoms with Crippen LogP contribution in [0.5, 0.6) is 11.5 Å². The number of methoxy groups -OCH3 is 2. The molecular formula is C19H28N2O3. The van der Waals surface area contributed by atoms with Gasteiger partial charge in [-0.15, -0.1) is 0 Å². The summed E-state index contributed by atoms with van der Waals surface area (Å²) in [4.78, 5) is 15.6. The van der Waals surface area contributed by atoms with Crippen LogP contribution in [0.4, 0.5) is 0 Å². The molecule has 1 N–H and O–H groups in total. The van der Waals surface area contributed by atoms with E-state index in [0.717, 1.165) is 37.9 Å². The Morgan fingerprint density at radius 3 is 2.54 bits per heavy atom. The number of nitrogens with one attached hydrogen (secondary N) is 1. The Kier molecular flexibility index (Phi) is 4.72. The smallest absolute Gasteiger partial charge is 0.233 e. The fourth-order valence-corrected chi connectivity index (χ4v) is 3.99. The highest BCUT2D eigenvalue weighted by atomic mass is 16.5. The Bertz CT molecular complexity index is 601. The number of rotatable bonds is 4. The number of carbonyl (C=O) groups excluding carboxylic acids is 1. The fourth-order valence-electron chi connectivity index (χ4n) is 3.99. The van der Waals surface area contributed by atoms with E-state index < -0.39 is 5.41 Å². The predicted octanol–water partition coefficient (Wildman–Crippen LogP) is 2.33. The molecule has 5 heteroatoms. The molecule has 1 aromatic rings. The van der Waals surface area contributed by atoms with Gasteiger partial charge < -0.3 is 19.7 Å². The molecule has 2 atom stereocenters. The number of benzene rings is 1. The van der Waals surface area contributed by atoms with Crippen molar-refractivity contribution >= 4 is 5.91 Å². The first kappa shape index (κ1) is 17.1. The maximum atomic E-state index is 13.4. The summed E-state index contributed by atoms with van der Waals surface area (Å²) in [6.07, 6.45) is 3.27. The Labute approximate surface area is 144 Å². The largest absolute Gasteiger partial charge is 0.493 e. The Morgan fingerprint density at radius 1 is 1.12 bits per heavy atom. The summed E-state index contributed by atoms with van der Waals surface area (Å²) in [6, 6.07) is 6.47. The lowest BCUT2D eigenvalue weighted by Gasteiger charge is -2.36. The summed E-state index contributed by atoms with van der Waals surface area (Å²) >= 11 is 0. The number of hydrogen-bond donors (Lipinski definition) is 1. The second-order valence-electron chi connectivity index (χ2n) is 7.28. The first-order chi connectivity index (χ1) is 11.5. The van der Waals surface area contributed by atoms with Crippen molar-refractivity contribution in [2.24, 2.45) is 0 Å². The van der Waals surface area contributed by atoms with Crippen molar-refractivity contribution in [2.45, 2.75) is 50.6 Å². The van der Waals surface area contributed by atoms with Crippen molar-refractivity contribution in [2.75, 3.05) is 27.3 Å². The number of nitrogens with zero attached hydrogens (tertiary/aromatic N) is 1. The molecule has 2 fully saturated rings. The van der Waals surface area contributed by atoms with Crippen LogP contribution in [0.3, 0.4) is 0 Å². The van der Waals surface area contributed by atoms with Crippen LogP contribution in [-0.2, 0) is 10.2 Å². The third-order valence-corrected chi connectivity index (χ3v) is 5.53. The van der Waals surface area contributed by atoms with Gasteiger partial charge in [0.1, 0.15) is 0 Å². The summed E-state index contributed by atoms with van der Waals surface area (Å²) in [5.74, 6) is 1.56. The van der Waals surface area contributed by atoms with Gasteiger partial charge in [-0.05, 0) is 57.4 Å². The van der Waals surface area contributed by atoms with Gasteiger partial charge in [-0.25, -0.2) is 0 Å². The minimum absolute atomic E-state index is 0.214. The first-order valence-corrected chi connectivity index (χ1v) is 8.75. The average molecular weight is 332 g/mol. The molecule has 3 rings (SSSR count). The van der Waals surface area contributed by atoms with Crippen molar-refractivity contribution in [3.05, 3.63) is 23.8 Å². The molecule has 24 heavy (non-hydrogen) atoms. The molecule has 2 heterocycles. The lowest BCUT2D eigenvalue weighted by Crippen LogP contribution is -2.50. The zero-order valence-corrected chi connectivity index (χ0v) is 15.1. The number of fused-ring (bicyclic) bond motifs is 2. The fraction of sp³-hybridized carbons (Fsp3) is 0.632. The monoisotopic (exact) mass is 332 g/mol. The lowest BCUT2D eigenvalue weighted by atomic mass is 9.82. The van der Waals surface area contributed by atoms with E-state index in [1.807, 2.05) is 32.0 Å². The van der Waals surface area contributed by atoms with E-state index in [2.05, 4.69) is 10.2 Å². The highest BCUT2D eigenvalue weighted by Crippen LogP contribution is 2.37. The molecule has 0 saturated carbocycles. The van der Waals surface area contributed by atoms with Gasteiger partial charge in [0.05, 0.1) is 19.6 Å². The van der Waals surface area contributed by atoms with Crippen molar-refractivity contribution in [3.8, 4) is 11.5 Å². The van der Waals surface area contributed by atoms with Gasteiger partial charge in [0, 0.05) is 18.6 Å². The van der Waals surface area contributed by atoms with Crippen LogP contribution in [0.15, 0.2) is 18.2 Å². The van der Waals surface area contributed by atoms with Crippen molar-refractivity contribution in [1.82, 2.24) is 10.2 Å². The van der Waals surface area contributed by atoms with Gasteiger partial charge in [0.25, 0.3) is 0 Å². The van der Waals surface area contributed by atoms with Gasteiger partial charge in [0.15, 0.2) is 11.5 Å². The molecule has 2 bridgehead atoms. The molecule has 2 aliphatic heterocycles. The topological polar surface area (TPSA) is 50.8 Å². The summed E-state index contributed by atoms with van der Waals surface area (Å²) < 4.78 is 10.7. The van der Waals surface area contributed by atoms with Crippen LogP contribution in [0.1, 0.15) is 38.7 Å². The zero-order chi connectivity index (χ0) is 17.3. The summed E-state index contributed by atoms with van der Waals surface area (Å²) in [7, 11) is 3.24. The Balaban J connectivity index is 1.90. The number of hydrogen-bond acceptors (Lipinski definition) is 4. The van der Waals surface area contributed by atoms with E-state index in [0.29, 0.717) is 23.6 Å². The molecule has 0 aliphatic carbocycles. The lowest BCUT2D eigenvalue weighted by molar-refractivity contribution is -0.139. The van der Waals surface area contributed by atoms with Gasteiger partial charge in [0.2, 0.25) is 5.91 Å². The van der Waals surface area contributed by atoms with Crippen LogP contribution < -0.4 is 14.8 Å². The normalized spacial score (nSPS) is 23.8. The van der Waals surface area contributed by atoms with Gasteiger partial charge >= 0.3 is 0 Å². The molecule has 5 nitrogen and oxygen atoms in total. The molecule has 0 spiro atoms. The van der Waals surface area contributed by atoms with Gasteiger partial charge in [-0.3, -0.25) is 4.79 Å². The van der Waals surface area contributed by atoms with Crippen molar-refractivity contribution < 1.29 is 14.3 Å². The highest BCUT2D eigenvalue weighted by molar-refractivity contribution is 5.88. The third kappa shape index (κ3) is 2.86. The SMILES string of the molecule is COc1ccc(C(C)(C)C(=O)N2C3CCNCC2CC3)cc1OC.